The van der Waals surface area contributed by atoms with Crippen LogP contribution >= 0.6 is 0 Å². The van der Waals surface area contributed by atoms with E-state index in [2.05, 4.69) is 6.07 Å². The highest BCUT2D eigenvalue weighted by Crippen LogP contribution is 2.22. The van der Waals surface area contributed by atoms with Crippen molar-refractivity contribution >= 4 is 12.0 Å². The van der Waals surface area contributed by atoms with E-state index in [9.17, 15) is 4.79 Å². The maximum absolute atomic E-state index is 10.5. The summed E-state index contributed by atoms with van der Waals surface area (Å²) in [5.74, 6) is 0. The summed E-state index contributed by atoms with van der Waals surface area (Å²) in [7, 11) is 5.95. The Kier molecular flexibility index (Phi) is 2.68. The average Bonchev–Trinajstić information content (AvgIpc) is 2.15. The number of rotatable bonds is 2. The number of hydrogen-bond acceptors (Lipinski definition) is 2. The van der Waals surface area contributed by atoms with E-state index in [-0.39, 0.29) is 0 Å². The van der Waals surface area contributed by atoms with Crippen LogP contribution in [0.15, 0.2) is 18.2 Å². The summed E-state index contributed by atoms with van der Waals surface area (Å²) >= 11 is 0. The first kappa shape index (κ1) is 10.4. The number of carbonyl (C=O) groups excluding carboxylic acids is 1. The second kappa shape index (κ2) is 3.60. The number of hydrogen-bond donors (Lipinski definition) is 0. The van der Waals surface area contributed by atoms with Gasteiger partial charge >= 0.3 is 0 Å². The Balaban J connectivity index is 3.34. The summed E-state index contributed by atoms with van der Waals surface area (Å²) in [5.41, 5.74) is 2.01. The normalized spacial score (nSPS) is 10.7. The summed E-state index contributed by atoms with van der Waals surface area (Å²) in [5, 5.41) is 8.93. The molecule has 0 aliphatic carbocycles. The lowest BCUT2D eigenvalue weighted by Crippen LogP contribution is -2.35. The molecule has 0 atom stereocenters. The molecule has 0 N–H and O–H groups in total. The zero-order chi connectivity index (χ0) is 10.8. The summed E-state index contributed by atoms with van der Waals surface area (Å²) < 4.78 is 0.571. The van der Waals surface area contributed by atoms with E-state index in [4.69, 9.17) is 5.26 Å². The van der Waals surface area contributed by atoms with Gasteiger partial charge in [-0.1, -0.05) is 0 Å². The summed E-state index contributed by atoms with van der Waals surface area (Å²) in [6.07, 6.45) is 0.750. The molecule has 0 saturated carbocycles. The Morgan fingerprint density at radius 1 is 1.36 bits per heavy atom. The number of nitriles is 1. The first-order valence-corrected chi connectivity index (χ1v) is 4.30. The molecule has 0 aliphatic heterocycles. The first-order chi connectivity index (χ1) is 6.49. The molecular weight excluding hydrogens is 176 g/mol. The van der Waals surface area contributed by atoms with Crippen LogP contribution in [-0.2, 0) is 0 Å². The SMILES string of the molecule is C[N+](C)(C)c1ccc(C=O)cc1C#N. The second-order valence-corrected chi connectivity index (χ2v) is 4.02. The van der Waals surface area contributed by atoms with Crippen molar-refractivity contribution in [3.05, 3.63) is 29.3 Å². The van der Waals surface area contributed by atoms with Crippen molar-refractivity contribution in [1.29, 1.82) is 5.26 Å². The van der Waals surface area contributed by atoms with Gasteiger partial charge in [-0.3, -0.25) is 9.28 Å². The molecule has 0 aliphatic rings. The average molecular weight is 189 g/mol. The van der Waals surface area contributed by atoms with E-state index in [0.29, 0.717) is 15.6 Å². The van der Waals surface area contributed by atoms with Gasteiger partial charge in [-0.2, -0.15) is 5.26 Å². The largest absolute Gasteiger partial charge is 0.298 e. The second-order valence-electron chi connectivity index (χ2n) is 4.02. The number of quaternary nitrogens is 1. The number of nitrogens with zero attached hydrogens (tertiary/aromatic N) is 2. The van der Waals surface area contributed by atoms with Gasteiger partial charge in [0.15, 0.2) is 0 Å². The third kappa shape index (κ3) is 1.98. The molecule has 0 fully saturated rings. The van der Waals surface area contributed by atoms with E-state index in [1.807, 2.05) is 27.2 Å². The minimum Gasteiger partial charge on any atom is -0.298 e. The third-order valence-electron chi connectivity index (χ3n) is 2.00. The highest BCUT2D eigenvalue weighted by atomic mass is 16.1. The van der Waals surface area contributed by atoms with E-state index in [0.717, 1.165) is 12.0 Å². The summed E-state index contributed by atoms with van der Waals surface area (Å²) in [6.45, 7) is 0. The van der Waals surface area contributed by atoms with Crippen molar-refractivity contribution in [1.82, 2.24) is 4.48 Å². The molecule has 0 aromatic heterocycles. The fraction of sp³-hybridized carbons (Fsp3) is 0.273. The fourth-order valence-corrected chi connectivity index (χ4v) is 1.30. The number of aldehydes is 1. The molecule has 1 aromatic carbocycles. The van der Waals surface area contributed by atoms with Gasteiger partial charge in [0.05, 0.1) is 21.1 Å². The fourth-order valence-electron chi connectivity index (χ4n) is 1.30. The molecule has 1 aromatic rings. The molecule has 3 nitrogen and oxygen atoms in total. The van der Waals surface area contributed by atoms with E-state index in [1.54, 1.807) is 12.1 Å². The zero-order valence-corrected chi connectivity index (χ0v) is 8.61. The van der Waals surface area contributed by atoms with E-state index < -0.39 is 0 Å². The highest BCUT2D eigenvalue weighted by Gasteiger charge is 2.17. The minimum absolute atomic E-state index is 0.541. The molecule has 0 amide bonds. The lowest BCUT2D eigenvalue weighted by atomic mass is 10.1. The predicted molar refractivity (Wildman–Crippen MR) is 56.1 cm³/mol. The van der Waals surface area contributed by atoms with Gasteiger partial charge in [0.2, 0.25) is 0 Å². The number of carbonyl (C=O) groups is 1. The molecular formula is C11H13N2O+. The van der Waals surface area contributed by atoms with Crippen molar-refractivity contribution < 1.29 is 4.79 Å². The lowest BCUT2D eigenvalue weighted by Gasteiger charge is -2.24. The van der Waals surface area contributed by atoms with Gasteiger partial charge in [0.25, 0.3) is 0 Å². The van der Waals surface area contributed by atoms with Crippen LogP contribution in [0, 0.1) is 11.3 Å². The Morgan fingerprint density at radius 3 is 2.43 bits per heavy atom. The highest BCUT2D eigenvalue weighted by molar-refractivity contribution is 5.77. The van der Waals surface area contributed by atoms with E-state index >= 15 is 0 Å². The lowest BCUT2D eigenvalue weighted by molar-refractivity contribution is 0.112. The van der Waals surface area contributed by atoms with Crippen LogP contribution in [0.3, 0.4) is 0 Å². The molecule has 0 radical (unpaired) electrons. The zero-order valence-electron chi connectivity index (χ0n) is 8.61. The summed E-state index contributed by atoms with van der Waals surface area (Å²) in [4.78, 5) is 10.5. The van der Waals surface area contributed by atoms with E-state index in [1.165, 1.54) is 0 Å². The van der Waals surface area contributed by atoms with Crippen molar-refractivity contribution in [3.63, 3.8) is 0 Å². The molecule has 0 unspecified atom stereocenters. The molecule has 0 saturated heterocycles. The van der Waals surface area contributed by atoms with Crippen LogP contribution in [0.1, 0.15) is 15.9 Å². The molecule has 72 valence electrons. The molecule has 14 heavy (non-hydrogen) atoms. The molecule has 0 spiro atoms. The van der Waals surface area contributed by atoms with Gasteiger partial charge in [0, 0.05) is 11.6 Å². The van der Waals surface area contributed by atoms with Gasteiger partial charge in [0.1, 0.15) is 23.6 Å². The Labute approximate surface area is 83.8 Å². The minimum atomic E-state index is 0.541. The first-order valence-electron chi connectivity index (χ1n) is 4.30. The molecule has 3 heteroatoms. The Morgan fingerprint density at radius 2 is 2.00 bits per heavy atom. The van der Waals surface area contributed by atoms with Gasteiger partial charge in [-0.25, -0.2) is 0 Å². The molecule has 0 bridgehead atoms. The van der Waals surface area contributed by atoms with Crippen molar-refractivity contribution in [2.45, 2.75) is 0 Å². The molecule has 1 rings (SSSR count). The quantitative estimate of drug-likeness (QED) is 0.523. The maximum Gasteiger partial charge on any atom is 0.150 e. The van der Waals surface area contributed by atoms with Crippen LogP contribution in [0.5, 0.6) is 0 Å². The predicted octanol–water partition coefficient (Wildman–Crippen LogP) is 1.57. The van der Waals surface area contributed by atoms with Gasteiger partial charge < -0.3 is 0 Å². The van der Waals surface area contributed by atoms with Gasteiger partial charge in [-0.15, -0.1) is 0 Å². The Hall–Kier alpha value is -1.66. The van der Waals surface area contributed by atoms with Crippen LogP contribution in [0.2, 0.25) is 0 Å². The van der Waals surface area contributed by atoms with Crippen LogP contribution < -0.4 is 4.48 Å². The topological polar surface area (TPSA) is 40.9 Å². The Bertz CT molecular complexity index is 397. The molecule has 0 heterocycles. The number of benzene rings is 1. The summed E-state index contributed by atoms with van der Waals surface area (Å²) in [6, 6.07) is 7.27. The standard InChI is InChI=1S/C11H13N2O/c1-13(2,3)11-5-4-9(8-14)6-10(11)7-12/h4-6,8H,1-3H3/q+1. The monoisotopic (exact) mass is 189 g/mol. The van der Waals surface area contributed by atoms with Crippen LogP contribution in [0.25, 0.3) is 0 Å². The maximum atomic E-state index is 10.5. The van der Waals surface area contributed by atoms with Crippen molar-refractivity contribution in [3.8, 4) is 6.07 Å². The van der Waals surface area contributed by atoms with Crippen molar-refractivity contribution in [2.24, 2.45) is 0 Å². The van der Waals surface area contributed by atoms with Gasteiger partial charge in [-0.05, 0) is 12.1 Å². The smallest absolute Gasteiger partial charge is 0.150 e. The van der Waals surface area contributed by atoms with Crippen molar-refractivity contribution in [2.75, 3.05) is 21.1 Å². The van der Waals surface area contributed by atoms with Crippen LogP contribution in [-0.4, -0.2) is 27.4 Å². The third-order valence-corrected chi connectivity index (χ3v) is 2.00. The van der Waals surface area contributed by atoms with Crippen LogP contribution in [0.4, 0.5) is 5.69 Å².